The van der Waals surface area contributed by atoms with Gasteiger partial charge in [-0.05, 0) is 55.4 Å². The van der Waals surface area contributed by atoms with Gasteiger partial charge in [-0.1, -0.05) is 193 Å². The van der Waals surface area contributed by atoms with E-state index < -0.39 is 0 Å². The summed E-state index contributed by atoms with van der Waals surface area (Å²) in [4.78, 5) is 36.6. The minimum absolute atomic E-state index is 0.0184. The number of carbonyl (C=O) groups is 3. The van der Waals surface area contributed by atoms with E-state index in [-0.39, 0.29) is 17.9 Å². The highest BCUT2D eigenvalue weighted by atomic mass is 16.5. The zero-order valence-corrected chi connectivity index (χ0v) is 35.7. The predicted molar refractivity (Wildman–Crippen MR) is 225 cm³/mol. The minimum Gasteiger partial charge on any atom is -0.465 e. The van der Waals surface area contributed by atoms with Gasteiger partial charge in [0.1, 0.15) is 6.61 Å². The number of carbonyl (C=O) groups excluding carboxylic acids is 3. The topological polar surface area (TPSA) is 78.9 Å². The molecule has 0 fully saturated rings. The van der Waals surface area contributed by atoms with Crippen LogP contribution < -0.4 is 0 Å². The van der Waals surface area contributed by atoms with Crippen LogP contribution in [0.5, 0.6) is 0 Å². The van der Waals surface area contributed by atoms with E-state index in [0.29, 0.717) is 50.9 Å². The maximum absolute atomic E-state index is 12.2. The summed E-state index contributed by atoms with van der Waals surface area (Å²) in [6.45, 7) is 10.3. The molecule has 0 bridgehead atoms. The van der Waals surface area contributed by atoms with Crippen LogP contribution >= 0.6 is 0 Å². The maximum Gasteiger partial charge on any atom is 0.306 e. The van der Waals surface area contributed by atoms with Gasteiger partial charge >= 0.3 is 17.9 Å². The molecule has 1 aromatic rings. The van der Waals surface area contributed by atoms with Gasteiger partial charge in [-0.15, -0.1) is 0 Å². The SMILES string of the molecule is CCCCC(CC)COC(=O)CCCCCCCCC(CCCCCCCCC(=O)OCC(CC)CCCC)CCCCCC(=O)OCc1ccccc1. The van der Waals surface area contributed by atoms with Crippen LogP contribution in [0.25, 0.3) is 0 Å². The molecule has 0 aliphatic rings. The highest BCUT2D eigenvalue weighted by Crippen LogP contribution is 2.25. The van der Waals surface area contributed by atoms with E-state index in [1.165, 1.54) is 103 Å². The Balaban J connectivity index is 2.27. The highest BCUT2D eigenvalue weighted by Gasteiger charge is 2.13. The van der Waals surface area contributed by atoms with Crippen molar-refractivity contribution < 1.29 is 28.6 Å². The molecule has 2 atom stereocenters. The van der Waals surface area contributed by atoms with Crippen LogP contribution in [0.2, 0.25) is 0 Å². The smallest absolute Gasteiger partial charge is 0.306 e. The average molecular weight is 757 g/mol. The fourth-order valence-corrected chi connectivity index (χ4v) is 7.30. The standard InChI is InChI=1S/C48H84O6/c1-5-9-29-42(7-3)39-52-46(49)36-26-17-13-11-15-21-31-44(33-23-20-28-38-48(51)54-41-45-34-24-19-25-35-45)32-22-16-12-14-18-27-37-47(50)53-40-43(8-4)30-10-6-2/h19,24-25,34-35,42-44H,5-18,20-23,26-33,36-41H2,1-4H3. The van der Waals surface area contributed by atoms with Gasteiger partial charge in [0.25, 0.3) is 0 Å². The fraction of sp³-hybridized carbons (Fsp3) is 0.812. The fourth-order valence-electron chi connectivity index (χ4n) is 7.30. The molecule has 0 saturated carbocycles. The van der Waals surface area contributed by atoms with E-state index in [1.54, 1.807) is 0 Å². The largest absolute Gasteiger partial charge is 0.465 e. The summed E-state index contributed by atoms with van der Waals surface area (Å²) in [7, 11) is 0. The number of ether oxygens (including phenoxy) is 3. The molecule has 0 aliphatic heterocycles. The summed E-state index contributed by atoms with van der Waals surface area (Å²) in [6, 6.07) is 9.89. The van der Waals surface area contributed by atoms with Crippen LogP contribution in [0.3, 0.4) is 0 Å². The third kappa shape index (κ3) is 29.9. The molecule has 0 radical (unpaired) electrons. The number of benzene rings is 1. The summed E-state index contributed by atoms with van der Waals surface area (Å²) < 4.78 is 16.6. The number of hydrogen-bond acceptors (Lipinski definition) is 6. The normalized spacial score (nSPS) is 13.0. The molecule has 0 heterocycles. The number of esters is 3. The van der Waals surface area contributed by atoms with E-state index in [9.17, 15) is 14.4 Å². The van der Waals surface area contributed by atoms with Crippen molar-refractivity contribution in [1.82, 2.24) is 0 Å². The molecular weight excluding hydrogens is 673 g/mol. The second kappa shape index (κ2) is 36.3. The zero-order valence-electron chi connectivity index (χ0n) is 35.7. The Bertz CT molecular complexity index is 962. The number of rotatable bonds is 38. The van der Waals surface area contributed by atoms with Gasteiger partial charge in [0, 0.05) is 19.3 Å². The summed E-state index contributed by atoms with van der Waals surface area (Å²) in [6.07, 6.45) is 32.0. The van der Waals surface area contributed by atoms with Crippen molar-refractivity contribution in [2.24, 2.45) is 17.8 Å². The van der Waals surface area contributed by atoms with Crippen LogP contribution in [0.1, 0.15) is 219 Å². The van der Waals surface area contributed by atoms with E-state index in [4.69, 9.17) is 14.2 Å². The van der Waals surface area contributed by atoms with Crippen molar-refractivity contribution in [3.05, 3.63) is 35.9 Å². The molecule has 6 nitrogen and oxygen atoms in total. The highest BCUT2D eigenvalue weighted by molar-refractivity contribution is 5.69. The predicted octanol–water partition coefficient (Wildman–Crippen LogP) is 14.1. The first-order valence-corrected chi connectivity index (χ1v) is 22.9. The van der Waals surface area contributed by atoms with E-state index in [2.05, 4.69) is 27.7 Å². The lowest BCUT2D eigenvalue weighted by molar-refractivity contribution is -0.146. The molecule has 0 aromatic heterocycles. The van der Waals surface area contributed by atoms with Crippen LogP contribution in [0, 0.1) is 17.8 Å². The molecule has 0 aliphatic carbocycles. The Morgan fingerprint density at radius 1 is 0.426 bits per heavy atom. The molecule has 0 spiro atoms. The Kier molecular flexibility index (Phi) is 33.4. The lowest BCUT2D eigenvalue weighted by atomic mass is 9.89. The molecule has 0 amide bonds. The van der Waals surface area contributed by atoms with Crippen molar-refractivity contribution in [3.8, 4) is 0 Å². The minimum atomic E-state index is -0.0933. The first-order valence-electron chi connectivity index (χ1n) is 22.9. The van der Waals surface area contributed by atoms with Gasteiger partial charge in [-0.3, -0.25) is 14.4 Å². The Hall–Kier alpha value is -2.37. The third-order valence-electron chi connectivity index (χ3n) is 11.3. The summed E-state index contributed by atoms with van der Waals surface area (Å²) >= 11 is 0. The summed E-state index contributed by atoms with van der Waals surface area (Å²) in [5, 5.41) is 0. The maximum atomic E-state index is 12.2. The van der Waals surface area contributed by atoms with Gasteiger partial charge in [0.15, 0.2) is 0 Å². The van der Waals surface area contributed by atoms with Crippen LogP contribution in [0.15, 0.2) is 30.3 Å². The molecule has 0 saturated heterocycles. The quantitative estimate of drug-likeness (QED) is 0.0380. The molecule has 312 valence electrons. The van der Waals surface area contributed by atoms with E-state index >= 15 is 0 Å². The molecule has 1 rings (SSSR count). The molecule has 54 heavy (non-hydrogen) atoms. The van der Waals surface area contributed by atoms with Crippen molar-refractivity contribution in [3.63, 3.8) is 0 Å². The summed E-state index contributed by atoms with van der Waals surface area (Å²) in [5.41, 5.74) is 1.03. The Labute approximate surface area is 333 Å². The molecule has 0 N–H and O–H groups in total. The first-order chi connectivity index (χ1) is 26.4. The number of unbranched alkanes of at least 4 members (excludes halogenated alkanes) is 14. The Morgan fingerprint density at radius 2 is 0.778 bits per heavy atom. The monoisotopic (exact) mass is 757 g/mol. The second-order valence-electron chi connectivity index (χ2n) is 16.1. The average Bonchev–Trinajstić information content (AvgIpc) is 3.19. The van der Waals surface area contributed by atoms with Crippen LogP contribution in [-0.4, -0.2) is 31.1 Å². The van der Waals surface area contributed by atoms with E-state index in [1.807, 2.05) is 30.3 Å². The van der Waals surface area contributed by atoms with Crippen LogP contribution in [-0.2, 0) is 35.2 Å². The molecule has 6 heteroatoms. The van der Waals surface area contributed by atoms with Crippen LogP contribution in [0.4, 0.5) is 0 Å². The van der Waals surface area contributed by atoms with Gasteiger partial charge < -0.3 is 14.2 Å². The van der Waals surface area contributed by atoms with Gasteiger partial charge in [-0.2, -0.15) is 0 Å². The van der Waals surface area contributed by atoms with Crippen molar-refractivity contribution in [2.75, 3.05) is 13.2 Å². The lowest BCUT2D eigenvalue weighted by Crippen LogP contribution is -2.13. The van der Waals surface area contributed by atoms with Crippen molar-refractivity contribution >= 4 is 17.9 Å². The van der Waals surface area contributed by atoms with Gasteiger partial charge in [0.05, 0.1) is 13.2 Å². The number of hydrogen-bond donors (Lipinski definition) is 0. The first kappa shape index (κ1) is 49.6. The summed E-state index contributed by atoms with van der Waals surface area (Å²) in [5.74, 6) is 1.65. The van der Waals surface area contributed by atoms with E-state index in [0.717, 1.165) is 75.7 Å². The van der Waals surface area contributed by atoms with Crippen molar-refractivity contribution in [1.29, 1.82) is 0 Å². The molecule has 2 unspecified atom stereocenters. The van der Waals surface area contributed by atoms with Crippen molar-refractivity contribution in [2.45, 2.75) is 221 Å². The lowest BCUT2D eigenvalue weighted by Gasteiger charge is -2.17. The molecular formula is C48H84O6. The second-order valence-corrected chi connectivity index (χ2v) is 16.1. The zero-order chi connectivity index (χ0) is 39.3. The third-order valence-corrected chi connectivity index (χ3v) is 11.3. The van der Waals surface area contributed by atoms with Gasteiger partial charge in [0.2, 0.25) is 0 Å². The Morgan fingerprint density at radius 3 is 1.19 bits per heavy atom. The molecule has 1 aromatic carbocycles. The van der Waals surface area contributed by atoms with Gasteiger partial charge in [-0.25, -0.2) is 0 Å².